The Hall–Kier alpha value is -2.65. The molecule has 2 aromatic heterocycles. The molecule has 0 unspecified atom stereocenters. The number of benzene rings is 1. The Bertz CT molecular complexity index is 999. The van der Waals surface area contributed by atoms with Crippen molar-refractivity contribution in [2.45, 2.75) is 32.4 Å². The molecule has 7 nitrogen and oxygen atoms in total. The second-order valence-corrected chi connectivity index (χ2v) is 8.67. The van der Waals surface area contributed by atoms with Gasteiger partial charge in [0.15, 0.2) is 0 Å². The van der Waals surface area contributed by atoms with Crippen LogP contribution in [-0.2, 0) is 16.0 Å². The van der Waals surface area contributed by atoms with Gasteiger partial charge in [-0.3, -0.25) is 4.79 Å². The monoisotopic (exact) mass is 445 g/mol. The van der Waals surface area contributed by atoms with Gasteiger partial charge in [-0.2, -0.15) is 0 Å². The maximum absolute atomic E-state index is 12.5. The number of aromatic nitrogens is 2. The van der Waals surface area contributed by atoms with Crippen molar-refractivity contribution in [3.63, 3.8) is 0 Å². The predicted octanol–water partition coefficient (Wildman–Crippen LogP) is 4.90. The standard InChI is InChI=1S/C21H23N3O4S2/c1-4-27-20(26)17-15(10-13(2)3)11-29-19(17)22-16(25)12-30-21-24-23-18(28-21)14-8-6-5-7-9-14/h5-9,11,13H,4,10,12H2,1-3H3,(H,22,25). The molecule has 0 atom stereocenters. The first kappa shape index (κ1) is 22.0. The first-order chi connectivity index (χ1) is 14.5. The number of carbonyl (C=O) groups excluding carboxylic acids is 2. The Morgan fingerprint density at radius 3 is 2.70 bits per heavy atom. The lowest BCUT2D eigenvalue weighted by atomic mass is 10.0. The van der Waals surface area contributed by atoms with Gasteiger partial charge in [-0.05, 0) is 42.3 Å². The quantitative estimate of drug-likeness (QED) is 0.370. The van der Waals surface area contributed by atoms with Crippen molar-refractivity contribution >= 4 is 40.0 Å². The number of nitrogens with one attached hydrogen (secondary N) is 1. The molecule has 9 heteroatoms. The van der Waals surface area contributed by atoms with Gasteiger partial charge in [-0.15, -0.1) is 21.5 Å². The molecule has 0 aliphatic heterocycles. The summed E-state index contributed by atoms with van der Waals surface area (Å²) >= 11 is 2.47. The highest BCUT2D eigenvalue weighted by molar-refractivity contribution is 7.99. The van der Waals surface area contributed by atoms with E-state index in [4.69, 9.17) is 9.15 Å². The highest BCUT2D eigenvalue weighted by atomic mass is 32.2. The topological polar surface area (TPSA) is 94.3 Å². The van der Waals surface area contributed by atoms with Gasteiger partial charge in [0.2, 0.25) is 11.8 Å². The molecule has 0 spiro atoms. The highest BCUT2D eigenvalue weighted by Crippen LogP contribution is 2.31. The van der Waals surface area contributed by atoms with Crippen molar-refractivity contribution in [1.29, 1.82) is 0 Å². The SMILES string of the molecule is CCOC(=O)c1c(CC(C)C)csc1NC(=O)CSc1nnc(-c2ccccc2)o1. The van der Waals surface area contributed by atoms with Crippen LogP contribution in [0, 0.1) is 5.92 Å². The van der Waals surface area contributed by atoms with E-state index in [2.05, 4.69) is 29.4 Å². The molecule has 1 N–H and O–H groups in total. The third-order valence-corrected chi connectivity index (χ3v) is 5.74. The molecule has 158 valence electrons. The van der Waals surface area contributed by atoms with Crippen LogP contribution in [0.5, 0.6) is 0 Å². The minimum atomic E-state index is -0.415. The zero-order valence-corrected chi connectivity index (χ0v) is 18.6. The summed E-state index contributed by atoms with van der Waals surface area (Å²) < 4.78 is 10.8. The van der Waals surface area contributed by atoms with E-state index in [9.17, 15) is 9.59 Å². The molecule has 0 aliphatic rings. The van der Waals surface area contributed by atoms with Crippen LogP contribution in [0.15, 0.2) is 45.4 Å². The minimum absolute atomic E-state index is 0.0795. The Kier molecular flexibility index (Phi) is 7.64. The molecular formula is C21H23N3O4S2. The lowest BCUT2D eigenvalue weighted by molar-refractivity contribution is -0.113. The second kappa shape index (κ2) is 10.4. The van der Waals surface area contributed by atoms with E-state index < -0.39 is 5.97 Å². The number of thioether (sulfide) groups is 1. The zero-order valence-electron chi connectivity index (χ0n) is 17.0. The molecule has 2 heterocycles. The summed E-state index contributed by atoms with van der Waals surface area (Å²) in [5.41, 5.74) is 2.15. The van der Waals surface area contributed by atoms with Crippen molar-refractivity contribution in [2.75, 3.05) is 17.7 Å². The number of anilines is 1. The Balaban J connectivity index is 1.64. The number of hydrogen-bond donors (Lipinski definition) is 1. The highest BCUT2D eigenvalue weighted by Gasteiger charge is 2.22. The predicted molar refractivity (Wildman–Crippen MR) is 118 cm³/mol. The smallest absolute Gasteiger partial charge is 0.341 e. The fraction of sp³-hybridized carbons (Fsp3) is 0.333. The van der Waals surface area contributed by atoms with E-state index in [1.54, 1.807) is 6.92 Å². The molecule has 0 fully saturated rings. The van der Waals surface area contributed by atoms with Gasteiger partial charge in [-0.25, -0.2) is 4.79 Å². The minimum Gasteiger partial charge on any atom is -0.462 e. The first-order valence-electron chi connectivity index (χ1n) is 9.57. The maximum Gasteiger partial charge on any atom is 0.341 e. The van der Waals surface area contributed by atoms with Crippen LogP contribution in [0.4, 0.5) is 5.00 Å². The number of esters is 1. The van der Waals surface area contributed by atoms with Gasteiger partial charge < -0.3 is 14.5 Å². The van der Waals surface area contributed by atoms with Crippen LogP contribution < -0.4 is 5.32 Å². The average Bonchev–Trinajstić information content (AvgIpc) is 3.34. The van der Waals surface area contributed by atoms with Crippen LogP contribution in [-0.4, -0.2) is 34.4 Å². The lowest BCUT2D eigenvalue weighted by Crippen LogP contribution is -2.17. The van der Waals surface area contributed by atoms with E-state index in [0.29, 0.717) is 27.6 Å². The van der Waals surface area contributed by atoms with Gasteiger partial charge in [0, 0.05) is 5.56 Å². The van der Waals surface area contributed by atoms with Crippen molar-refractivity contribution < 1.29 is 18.7 Å². The van der Waals surface area contributed by atoms with E-state index in [1.807, 2.05) is 35.7 Å². The van der Waals surface area contributed by atoms with Crippen LogP contribution in [0.3, 0.4) is 0 Å². The molecule has 1 amide bonds. The van der Waals surface area contributed by atoms with E-state index in [1.165, 1.54) is 11.3 Å². The molecule has 0 saturated heterocycles. The van der Waals surface area contributed by atoms with Crippen molar-refractivity contribution in [1.82, 2.24) is 10.2 Å². The average molecular weight is 446 g/mol. The number of nitrogens with zero attached hydrogens (tertiary/aromatic N) is 2. The number of rotatable bonds is 9. The molecule has 1 aromatic carbocycles. The van der Waals surface area contributed by atoms with E-state index in [-0.39, 0.29) is 18.3 Å². The van der Waals surface area contributed by atoms with Gasteiger partial charge in [-0.1, -0.05) is 43.8 Å². The Labute approximate surface area is 183 Å². The summed E-state index contributed by atoms with van der Waals surface area (Å²) in [5, 5.41) is 13.5. The molecule has 30 heavy (non-hydrogen) atoms. The summed E-state index contributed by atoms with van der Waals surface area (Å²) in [5.74, 6) is 0.184. The van der Waals surface area contributed by atoms with E-state index >= 15 is 0 Å². The molecule has 0 radical (unpaired) electrons. The summed E-state index contributed by atoms with van der Waals surface area (Å²) in [6.07, 6.45) is 0.736. The number of thiophene rings is 1. The number of amides is 1. The molecule has 3 aromatic rings. The fourth-order valence-corrected chi connectivity index (χ4v) is 4.30. The molecular weight excluding hydrogens is 422 g/mol. The van der Waals surface area contributed by atoms with Crippen molar-refractivity contribution in [3.05, 3.63) is 46.8 Å². The molecule has 3 rings (SSSR count). The summed E-state index contributed by atoms with van der Waals surface area (Å²) in [7, 11) is 0. The lowest BCUT2D eigenvalue weighted by Gasteiger charge is -2.09. The van der Waals surface area contributed by atoms with Gasteiger partial charge in [0.05, 0.1) is 17.9 Å². The molecule has 0 aliphatic carbocycles. The second-order valence-electron chi connectivity index (χ2n) is 6.86. The molecule has 0 saturated carbocycles. The Morgan fingerprint density at radius 1 is 1.23 bits per heavy atom. The summed E-state index contributed by atoms with van der Waals surface area (Å²) in [6.45, 7) is 6.19. The van der Waals surface area contributed by atoms with Gasteiger partial charge in [0.1, 0.15) is 5.00 Å². The number of hydrogen-bond acceptors (Lipinski definition) is 8. The summed E-state index contributed by atoms with van der Waals surface area (Å²) in [4.78, 5) is 24.9. The van der Waals surface area contributed by atoms with Crippen LogP contribution >= 0.6 is 23.1 Å². The van der Waals surface area contributed by atoms with Crippen LogP contribution in [0.25, 0.3) is 11.5 Å². The van der Waals surface area contributed by atoms with E-state index in [0.717, 1.165) is 29.3 Å². The maximum atomic E-state index is 12.5. The van der Waals surface area contributed by atoms with Gasteiger partial charge in [0.25, 0.3) is 5.22 Å². The summed E-state index contributed by atoms with van der Waals surface area (Å²) in [6, 6.07) is 9.42. The number of carbonyl (C=O) groups is 2. The molecule has 0 bridgehead atoms. The fourth-order valence-electron chi connectivity index (χ4n) is 2.76. The third kappa shape index (κ3) is 5.70. The Morgan fingerprint density at radius 2 is 2.00 bits per heavy atom. The van der Waals surface area contributed by atoms with Crippen LogP contribution in [0.1, 0.15) is 36.7 Å². The normalized spacial score (nSPS) is 10.9. The van der Waals surface area contributed by atoms with Crippen molar-refractivity contribution in [2.24, 2.45) is 5.92 Å². The van der Waals surface area contributed by atoms with Gasteiger partial charge >= 0.3 is 5.97 Å². The largest absolute Gasteiger partial charge is 0.462 e. The zero-order chi connectivity index (χ0) is 21.5. The third-order valence-electron chi connectivity index (χ3n) is 3.98. The first-order valence-corrected chi connectivity index (χ1v) is 11.4. The van der Waals surface area contributed by atoms with Crippen LogP contribution in [0.2, 0.25) is 0 Å². The van der Waals surface area contributed by atoms with Crippen molar-refractivity contribution in [3.8, 4) is 11.5 Å². The number of ether oxygens (including phenoxy) is 1.